The average Bonchev–Trinajstić information content (AvgIpc) is 3.38. The molecule has 1 aliphatic carbocycles. The molecule has 3 aromatic rings. The van der Waals surface area contributed by atoms with Crippen molar-refractivity contribution in [1.82, 2.24) is 19.9 Å². The molecule has 1 saturated carbocycles. The molecule has 2 aromatic carbocycles. The maximum Gasteiger partial charge on any atom is 0.254 e. The van der Waals surface area contributed by atoms with Gasteiger partial charge in [-0.3, -0.25) is 9.59 Å². The average molecular weight is 413 g/mol. The van der Waals surface area contributed by atoms with Crippen molar-refractivity contribution >= 4 is 28.5 Å². The van der Waals surface area contributed by atoms with Crippen molar-refractivity contribution in [3.05, 3.63) is 53.6 Å². The van der Waals surface area contributed by atoms with Crippen LogP contribution in [0, 0.1) is 11.6 Å². The van der Waals surface area contributed by atoms with Crippen molar-refractivity contribution in [2.24, 2.45) is 0 Å². The minimum atomic E-state index is -0.881. The van der Waals surface area contributed by atoms with Crippen LogP contribution in [0.25, 0.3) is 11.0 Å². The SMILES string of the molecule is CN(CC(=O)Nc1ccc(F)cc1F)C(=O)c1ccc2c(c1)nnn2C1CCCC1. The van der Waals surface area contributed by atoms with Crippen molar-refractivity contribution in [2.75, 3.05) is 18.9 Å². The fourth-order valence-corrected chi connectivity index (χ4v) is 3.78. The predicted molar refractivity (Wildman–Crippen MR) is 107 cm³/mol. The molecule has 1 aliphatic rings. The molecule has 0 unspecified atom stereocenters. The Morgan fingerprint density at radius 2 is 1.93 bits per heavy atom. The smallest absolute Gasteiger partial charge is 0.254 e. The van der Waals surface area contributed by atoms with Gasteiger partial charge in [-0.25, -0.2) is 13.5 Å². The van der Waals surface area contributed by atoms with Crippen LogP contribution in [-0.2, 0) is 4.79 Å². The number of hydrogen-bond donors (Lipinski definition) is 1. The van der Waals surface area contributed by atoms with Gasteiger partial charge < -0.3 is 10.2 Å². The highest BCUT2D eigenvalue weighted by Gasteiger charge is 2.22. The second-order valence-corrected chi connectivity index (χ2v) is 7.51. The van der Waals surface area contributed by atoms with Gasteiger partial charge in [0, 0.05) is 18.7 Å². The van der Waals surface area contributed by atoms with Crippen molar-refractivity contribution in [3.63, 3.8) is 0 Å². The Morgan fingerprint density at radius 3 is 2.67 bits per heavy atom. The summed E-state index contributed by atoms with van der Waals surface area (Å²) in [5.74, 6) is -2.59. The van der Waals surface area contributed by atoms with Gasteiger partial charge in [0.25, 0.3) is 5.91 Å². The summed E-state index contributed by atoms with van der Waals surface area (Å²) in [5, 5.41) is 10.8. The standard InChI is InChI=1S/C21H21F2N5O2/c1-27(12-20(29)24-17-8-7-14(22)11-16(17)23)21(30)13-6-9-19-18(10-13)25-26-28(19)15-4-2-3-5-15/h6-11,15H,2-5,12H2,1H3,(H,24,29). The zero-order valence-electron chi connectivity index (χ0n) is 16.4. The van der Waals surface area contributed by atoms with E-state index in [1.54, 1.807) is 12.1 Å². The topological polar surface area (TPSA) is 80.1 Å². The molecule has 156 valence electrons. The van der Waals surface area contributed by atoms with E-state index in [0.29, 0.717) is 23.2 Å². The van der Waals surface area contributed by atoms with Gasteiger partial charge in [0.15, 0.2) is 0 Å². The molecular formula is C21H21F2N5O2. The first-order valence-corrected chi connectivity index (χ1v) is 9.77. The van der Waals surface area contributed by atoms with Crippen molar-refractivity contribution < 1.29 is 18.4 Å². The molecule has 30 heavy (non-hydrogen) atoms. The minimum absolute atomic E-state index is 0.146. The normalized spacial score (nSPS) is 14.2. The third-order valence-electron chi connectivity index (χ3n) is 5.32. The quantitative estimate of drug-likeness (QED) is 0.694. The third-order valence-corrected chi connectivity index (χ3v) is 5.32. The first-order valence-electron chi connectivity index (χ1n) is 9.77. The summed E-state index contributed by atoms with van der Waals surface area (Å²) in [6.45, 7) is -0.289. The predicted octanol–water partition coefficient (Wildman–Crippen LogP) is 3.54. The Morgan fingerprint density at radius 1 is 1.17 bits per heavy atom. The summed E-state index contributed by atoms with van der Waals surface area (Å²) in [5.41, 5.74) is 1.74. The van der Waals surface area contributed by atoms with Gasteiger partial charge in [-0.1, -0.05) is 18.1 Å². The number of anilines is 1. The van der Waals surface area contributed by atoms with Crippen LogP contribution in [0.3, 0.4) is 0 Å². The van der Waals surface area contributed by atoms with Gasteiger partial charge in [0.05, 0.1) is 23.8 Å². The van der Waals surface area contributed by atoms with Gasteiger partial charge in [0.1, 0.15) is 17.2 Å². The highest BCUT2D eigenvalue weighted by atomic mass is 19.1. The monoisotopic (exact) mass is 413 g/mol. The molecule has 1 aromatic heterocycles. The number of aromatic nitrogens is 3. The van der Waals surface area contributed by atoms with Gasteiger partial charge in [0.2, 0.25) is 5.91 Å². The number of rotatable bonds is 5. The van der Waals surface area contributed by atoms with Gasteiger partial charge in [-0.15, -0.1) is 5.10 Å². The fraction of sp³-hybridized carbons (Fsp3) is 0.333. The maximum absolute atomic E-state index is 13.7. The molecule has 0 saturated heterocycles. The largest absolute Gasteiger partial charge is 0.332 e. The highest BCUT2D eigenvalue weighted by molar-refractivity contribution is 6.00. The van der Waals surface area contributed by atoms with Crippen LogP contribution in [0.2, 0.25) is 0 Å². The Kier molecular flexibility index (Phi) is 5.43. The zero-order valence-corrected chi connectivity index (χ0v) is 16.4. The van der Waals surface area contributed by atoms with Crippen LogP contribution in [0.1, 0.15) is 42.1 Å². The summed E-state index contributed by atoms with van der Waals surface area (Å²) in [7, 11) is 1.47. The molecule has 4 rings (SSSR count). The van der Waals surface area contributed by atoms with Gasteiger partial charge in [-0.05, 0) is 43.2 Å². The number of hydrogen-bond acceptors (Lipinski definition) is 4. The number of amides is 2. The lowest BCUT2D eigenvalue weighted by Crippen LogP contribution is -2.35. The summed E-state index contributed by atoms with van der Waals surface area (Å²) >= 11 is 0. The van der Waals surface area contributed by atoms with Crippen LogP contribution in [-0.4, -0.2) is 45.3 Å². The lowest BCUT2D eigenvalue weighted by Gasteiger charge is -2.17. The molecule has 2 amide bonds. The lowest BCUT2D eigenvalue weighted by molar-refractivity contribution is -0.116. The Balaban J connectivity index is 1.44. The van der Waals surface area contributed by atoms with Crippen LogP contribution in [0.5, 0.6) is 0 Å². The number of carbonyl (C=O) groups is 2. The molecule has 0 bridgehead atoms. The number of nitrogens with zero attached hydrogens (tertiary/aromatic N) is 4. The fourth-order valence-electron chi connectivity index (χ4n) is 3.78. The van der Waals surface area contributed by atoms with Gasteiger partial charge in [-0.2, -0.15) is 0 Å². The number of carbonyl (C=O) groups excluding carboxylic acids is 2. The van der Waals surface area contributed by atoms with E-state index in [2.05, 4.69) is 15.6 Å². The number of likely N-dealkylation sites (N-methyl/N-ethyl adjacent to an activating group) is 1. The summed E-state index contributed by atoms with van der Waals surface area (Å²) in [6.07, 6.45) is 4.51. The van der Waals surface area contributed by atoms with Crippen molar-refractivity contribution in [3.8, 4) is 0 Å². The van der Waals surface area contributed by atoms with E-state index < -0.39 is 17.5 Å². The van der Waals surface area contributed by atoms with Gasteiger partial charge >= 0.3 is 0 Å². The molecule has 0 atom stereocenters. The molecular weight excluding hydrogens is 392 g/mol. The first kappa shape index (κ1) is 19.9. The second-order valence-electron chi connectivity index (χ2n) is 7.51. The Labute approximate surface area is 171 Å². The zero-order chi connectivity index (χ0) is 21.3. The van der Waals surface area contributed by atoms with E-state index >= 15 is 0 Å². The first-order chi connectivity index (χ1) is 14.4. The van der Waals surface area contributed by atoms with E-state index in [9.17, 15) is 18.4 Å². The number of fused-ring (bicyclic) bond motifs is 1. The highest BCUT2D eigenvalue weighted by Crippen LogP contribution is 2.31. The molecule has 0 radical (unpaired) electrons. The van der Waals surface area contributed by atoms with E-state index in [1.165, 1.54) is 24.8 Å². The summed E-state index contributed by atoms with van der Waals surface area (Å²) in [6, 6.07) is 8.36. The molecule has 1 heterocycles. The molecule has 0 spiro atoms. The molecule has 7 nitrogen and oxygen atoms in total. The number of halogens is 2. The van der Waals surface area contributed by atoms with Crippen LogP contribution < -0.4 is 5.32 Å². The number of benzene rings is 2. The third kappa shape index (κ3) is 4.00. The lowest BCUT2D eigenvalue weighted by atomic mass is 10.1. The van der Waals surface area contributed by atoms with E-state index in [4.69, 9.17) is 0 Å². The minimum Gasteiger partial charge on any atom is -0.332 e. The summed E-state index contributed by atoms with van der Waals surface area (Å²) < 4.78 is 28.6. The Bertz CT molecular complexity index is 1110. The Hall–Kier alpha value is -3.36. The second kappa shape index (κ2) is 8.17. The molecule has 1 fully saturated rings. The maximum atomic E-state index is 13.7. The van der Waals surface area contributed by atoms with E-state index in [-0.39, 0.29) is 18.1 Å². The summed E-state index contributed by atoms with van der Waals surface area (Å²) in [4.78, 5) is 26.1. The van der Waals surface area contributed by atoms with Crippen LogP contribution in [0.15, 0.2) is 36.4 Å². The molecule has 1 N–H and O–H groups in total. The van der Waals surface area contributed by atoms with Crippen LogP contribution >= 0.6 is 0 Å². The molecule has 0 aliphatic heterocycles. The van der Waals surface area contributed by atoms with E-state index in [1.807, 2.05) is 10.7 Å². The van der Waals surface area contributed by atoms with Crippen LogP contribution in [0.4, 0.5) is 14.5 Å². The number of nitrogens with one attached hydrogen (secondary N) is 1. The van der Waals surface area contributed by atoms with E-state index in [0.717, 1.165) is 30.5 Å². The van der Waals surface area contributed by atoms with Crippen molar-refractivity contribution in [2.45, 2.75) is 31.7 Å². The molecule has 9 heteroatoms. The van der Waals surface area contributed by atoms with Crippen molar-refractivity contribution in [1.29, 1.82) is 0 Å².